The molecule has 0 bridgehead atoms. The molecule has 2 aromatic rings. The number of nitrogens with one attached hydrogen (secondary N) is 1. The maximum Gasteiger partial charge on any atom is 0.244 e. The summed E-state index contributed by atoms with van der Waals surface area (Å²) in [4.78, 5) is 27.3. The molecule has 0 spiro atoms. The van der Waals surface area contributed by atoms with Crippen molar-refractivity contribution in [3.05, 3.63) is 63.9 Å². The predicted octanol–water partition coefficient (Wildman–Crippen LogP) is 3.84. The number of halogens is 3. The van der Waals surface area contributed by atoms with E-state index >= 15 is 0 Å². The minimum Gasteiger partial charge on any atom is -0.352 e. The van der Waals surface area contributed by atoms with Gasteiger partial charge in [-0.1, -0.05) is 41.4 Å². The smallest absolute Gasteiger partial charge is 0.244 e. The number of amides is 2. The van der Waals surface area contributed by atoms with E-state index in [4.69, 9.17) is 23.2 Å². The van der Waals surface area contributed by atoms with Gasteiger partial charge in [0.1, 0.15) is 18.4 Å². The average molecular weight is 518 g/mol. The summed E-state index contributed by atoms with van der Waals surface area (Å²) < 4.78 is 39.3. The van der Waals surface area contributed by atoms with Gasteiger partial charge in [0.05, 0.1) is 17.0 Å². The second-order valence-electron chi connectivity index (χ2n) is 7.82. The van der Waals surface area contributed by atoms with Crippen LogP contribution in [-0.2, 0) is 26.2 Å². The van der Waals surface area contributed by atoms with E-state index in [0.717, 1.165) is 22.7 Å². The Kier molecular flexibility index (Phi) is 9.11. The number of benzene rings is 2. The van der Waals surface area contributed by atoms with Crippen LogP contribution in [0.4, 0.5) is 10.1 Å². The fourth-order valence-electron chi connectivity index (χ4n) is 3.05. The molecule has 1 N–H and O–H groups in total. The van der Waals surface area contributed by atoms with Crippen molar-refractivity contribution in [3.63, 3.8) is 0 Å². The number of rotatable bonds is 9. The van der Waals surface area contributed by atoms with E-state index in [-0.39, 0.29) is 23.3 Å². The summed E-state index contributed by atoms with van der Waals surface area (Å²) in [6.45, 7) is 4.48. The van der Waals surface area contributed by atoms with Crippen LogP contribution >= 0.6 is 23.2 Å². The molecule has 7 nitrogen and oxygen atoms in total. The van der Waals surface area contributed by atoms with Gasteiger partial charge in [-0.3, -0.25) is 13.9 Å². The molecular formula is C22H26Cl2FN3O4S. The highest BCUT2D eigenvalue weighted by Gasteiger charge is 2.30. The number of carbonyl (C=O) groups excluding carboxylic acids is 2. The number of nitrogens with zero attached hydrogens (tertiary/aromatic N) is 2. The molecular weight excluding hydrogens is 492 g/mol. The first-order chi connectivity index (χ1) is 15.3. The van der Waals surface area contributed by atoms with E-state index in [2.05, 4.69) is 5.32 Å². The van der Waals surface area contributed by atoms with Gasteiger partial charge in [-0.25, -0.2) is 12.8 Å². The first kappa shape index (κ1) is 26.9. The largest absolute Gasteiger partial charge is 0.352 e. The number of sulfonamides is 1. The van der Waals surface area contributed by atoms with Crippen molar-refractivity contribution < 1.29 is 22.4 Å². The zero-order valence-electron chi connectivity index (χ0n) is 18.7. The van der Waals surface area contributed by atoms with Crippen LogP contribution in [0.3, 0.4) is 0 Å². The number of anilines is 1. The molecule has 33 heavy (non-hydrogen) atoms. The molecule has 2 amide bonds. The van der Waals surface area contributed by atoms with Crippen molar-refractivity contribution in [2.45, 2.75) is 39.4 Å². The molecule has 0 saturated heterocycles. The summed E-state index contributed by atoms with van der Waals surface area (Å²) in [6, 6.07) is 9.11. The SMILES string of the molecule is CC(C)NC(=O)[C@@H](C)N(Cc1ccccc1Cl)C(=O)CN(c1ccc(F)c(Cl)c1)S(C)(=O)=O. The van der Waals surface area contributed by atoms with Crippen LogP contribution in [0.25, 0.3) is 0 Å². The second-order valence-corrected chi connectivity index (χ2v) is 10.5. The molecule has 0 aliphatic rings. The molecule has 0 fully saturated rings. The van der Waals surface area contributed by atoms with Crippen molar-refractivity contribution in [2.75, 3.05) is 17.1 Å². The number of hydrogen-bond acceptors (Lipinski definition) is 4. The Balaban J connectivity index is 2.43. The van der Waals surface area contributed by atoms with Crippen molar-refractivity contribution >= 4 is 50.7 Å². The molecule has 0 heterocycles. The molecule has 1 atom stereocenters. The Hall–Kier alpha value is -2.36. The standard InChI is InChI=1S/C22H26Cl2FN3O4S/c1-14(2)26-22(30)15(3)27(12-16-7-5-6-8-18(16)23)21(29)13-28(33(4,31)32)17-9-10-20(25)19(24)11-17/h5-11,14-15H,12-13H2,1-4H3,(H,26,30)/t15-/m1/s1. The lowest BCUT2D eigenvalue weighted by Crippen LogP contribution is -2.52. The third-order valence-electron chi connectivity index (χ3n) is 4.77. The second kappa shape index (κ2) is 11.2. The van der Waals surface area contributed by atoms with E-state index in [0.29, 0.717) is 10.6 Å². The van der Waals surface area contributed by atoms with Gasteiger partial charge >= 0.3 is 0 Å². The van der Waals surface area contributed by atoms with Gasteiger partial charge in [-0.05, 0) is 50.6 Å². The number of carbonyl (C=O) groups is 2. The molecule has 2 aromatic carbocycles. The highest BCUT2D eigenvalue weighted by molar-refractivity contribution is 7.92. The Morgan fingerprint density at radius 2 is 1.70 bits per heavy atom. The van der Waals surface area contributed by atoms with Gasteiger partial charge in [0.2, 0.25) is 21.8 Å². The van der Waals surface area contributed by atoms with E-state index in [1.165, 1.54) is 11.0 Å². The van der Waals surface area contributed by atoms with Crippen molar-refractivity contribution in [1.82, 2.24) is 10.2 Å². The van der Waals surface area contributed by atoms with Crippen molar-refractivity contribution in [2.24, 2.45) is 0 Å². The first-order valence-corrected chi connectivity index (χ1v) is 12.7. The molecule has 0 aliphatic carbocycles. The average Bonchev–Trinajstić information content (AvgIpc) is 2.71. The van der Waals surface area contributed by atoms with E-state index < -0.39 is 40.2 Å². The molecule has 0 saturated carbocycles. The Labute approximate surface area is 203 Å². The maximum absolute atomic E-state index is 13.6. The number of hydrogen-bond donors (Lipinski definition) is 1. The molecule has 0 aromatic heterocycles. The summed E-state index contributed by atoms with van der Waals surface area (Å²) in [5, 5.41) is 2.86. The molecule has 0 aliphatic heterocycles. The van der Waals surface area contributed by atoms with Gasteiger partial charge in [-0.15, -0.1) is 0 Å². The van der Waals surface area contributed by atoms with Crippen LogP contribution in [0.5, 0.6) is 0 Å². The van der Waals surface area contributed by atoms with Gasteiger partial charge in [0.25, 0.3) is 0 Å². The van der Waals surface area contributed by atoms with E-state index in [9.17, 15) is 22.4 Å². The van der Waals surface area contributed by atoms with Crippen LogP contribution in [0, 0.1) is 5.82 Å². The lowest BCUT2D eigenvalue weighted by molar-refractivity contribution is -0.139. The Morgan fingerprint density at radius 3 is 2.24 bits per heavy atom. The monoisotopic (exact) mass is 517 g/mol. The zero-order chi connectivity index (χ0) is 24.9. The molecule has 2 rings (SSSR count). The third-order valence-corrected chi connectivity index (χ3v) is 6.57. The topological polar surface area (TPSA) is 86.8 Å². The third kappa shape index (κ3) is 7.31. The summed E-state index contributed by atoms with van der Waals surface area (Å²) in [7, 11) is -3.94. The highest BCUT2D eigenvalue weighted by atomic mass is 35.5. The Bertz CT molecular complexity index is 1130. The van der Waals surface area contributed by atoms with Crippen LogP contribution in [0.1, 0.15) is 26.3 Å². The fraction of sp³-hybridized carbons (Fsp3) is 0.364. The minimum atomic E-state index is -3.94. The van der Waals surface area contributed by atoms with Gasteiger partial charge in [0.15, 0.2) is 0 Å². The van der Waals surface area contributed by atoms with Crippen LogP contribution in [0.2, 0.25) is 10.0 Å². The fourth-order valence-corrected chi connectivity index (χ4v) is 4.26. The summed E-state index contributed by atoms with van der Waals surface area (Å²) >= 11 is 12.1. The quantitative estimate of drug-likeness (QED) is 0.547. The van der Waals surface area contributed by atoms with Crippen LogP contribution < -0.4 is 9.62 Å². The lowest BCUT2D eigenvalue weighted by Gasteiger charge is -2.32. The normalized spacial score (nSPS) is 12.4. The van der Waals surface area contributed by atoms with Crippen molar-refractivity contribution in [3.8, 4) is 0 Å². The van der Waals surface area contributed by atoms with Crippen LogP contribution in [0.15, 0.2) is 42.5 Å². The Morgan fingerprint density at radius 1 is 1.06 bits per heavy atom. The summed E-state index contributed by atoms with van der Waals surface area (Å²) in [6.07, 6.45) is 0.921. The first-order valence-electron chi connectivity index (χ1n) is 10.1. The van der Waals surface area contributed by atoms with Crippen LogP contribution in [-0.4, -0.2) is 50.0 Å². The molecule has 0 radical (unpaired) electrons. The lowest BCUT2D eigenvalue weighted by atomic mass is 10.1. The van der Waals surface area contributed by atoms with Gasteiger partial charge < -0.3 is 10.2 Å². The van der Waals surface area contributed by atoms with Gasteiger partial charge in [-0.2, -0.15) is 0 Å². The summed E-state index contributed by atoms with van der Waals surface area (Å²) in [5.74, 6) is -1.77. The highest BCUT2D eigenvalue weighted by Crippen LogP contribution is 2.25. The summed E-state index contributed by atoms with van der Waals surface area (Å²) in [5.41, 5.74) is 0.613. The molecule has 11 heteroatoms. The zero-order valence-corrected chi connectivity index (χ0v) is 21.0. The molecule has 0 unspecified atom stereocenters. The predicted molar refractivity (Wildman–Crippen MR) is 128 cm³/mol. The van der Waals surface area contributed by atoms with Gasteiger partial charge in [0, 0.05) is 17.6 Å². The molecule has 180 valence electrons. The maximum atomic E-state index is 13.6. The minimum absolute atomic E-state index is 0.0209. The van der Waals surface area contributed by atoms with E-state index in [1.54, 1.807) is 45.0 Å². The van der Waals surface area contributed by atoms with E-state index in [1.807, 2.05) is 0 Å². The van der Waals surface area contributed by atoms with Crippen molar-refractivity contribution in [1.29, 1.82) is 0 Å².